The predicted octanol–water partition coefficient (Wildman–Crippen LogP) is 4.85. The molecule has 2 aliphatic rings. The maximum Gasteiger partial charge on any atom is 0.290 e. The molecule has 1 N–H and O–H groups in total. The van der Waals surface area contributed by atoms with Crippen LogP contribution in [0.4, 0.5) is 0 Å². The van der Waals surface area contributed by atoms with Crippen LogP contribution in [0.1, 0.15) is 59.8 Å². The Kier molecular flexibility index (Phi) is 7.11. The number of nitrogens with one attached hydrogen (secondary N) is 1. The summed E-state index contributed by atoms with van der Waals surface area (Å²) in [6.45, 7) is 0.320. The Bertz CT molecular complexity index is 1200. The lowest BCUT2D eigenvalue weighted by Crippen LogP contribution is -2.46. The Hall–Kier alpha value is -3.94. The van der Waals surface area contributed by atoms with E-state index in [1.807, 2.05) is 36.4 Å². The van der Waals surface area contributed by atoms with Gasteiger partial charge in [0.1, 0.15) is 11.8 Å². The predicted molar refractivity (Wildman–Crippen MR) is 132 cm³/mol. The fourth-order valence-corrected chi connectivity index (χ4v) is 4.87. The molecule has 0 unspecified atom stereocenters. The first kappa shape index (κ1) is 23.8. The highest BCUT2D eigenvalue weighted by Crippen LogP contribution is 2.35. The Morgan fingerprint density at radius 2 is 1.86 bits per heavy atom. The van der Waals surface area contributed by atoms with Crippen LogP contribution in [0.2, 0.25) is 0 Å². The van der Waals surface area contributed by atoms with E-state index in [0.29, 0.717) is 22.8 Å². The van der Waals surface area contributed by atoms with Crippen molar-refractivity contribution >= 4 is 11.8 Å². The van der Waals surface area contributed by atoms with Crippen LogP contribution in [0.3, 0.4) is 0 Å². The van der Waals surface area contributed by atoms with E-state index in [0.717, 1.165) is 31.2 Å². The molecule has 1 saturated carbocycles. The molecule has 8 heteroatoms. The van der Waals surface area contributed by atoms with Crippen molar-refractivity contribution in [1.82, 2.24) is 10.2 Å². The number of ether oxygens (including phenoxy) is 3. The average Bonchev–Trinajstić information content (AvgIpc) is 3.61. The standard InChI is InChI=1S/C28H30N2O6/c1-33-22-10-5-7-20(16-22)26(27(31)29-21-8-3-2-4-9-21)30(28(32)24-11-6-14-34-24)17-19-12-13-23-25(15-19)36-18-35-23/h5-7,10-16,21,26H,2-4,8-9,17-18H2,1H3,(H,29,31)/t26-/m1/s1. The first-order chi connectivity index (χ1) is 17.6. The van der Waals surface area contributed by atoms with Gasteiger partial charge in [-0.05, 0) is 60.4 Å². The molecule has 1 aliphatic heterocycles. The van der Waals surface area contributed by atoms with Crippen molar-refractivity contribution in [3.8, 4) is 17.2 Å². The van der Waals surface area contributed by atoms with Crippen LogP contribution in [-0.4, -0.2) is 36.7 Å². The molecule has 8 nitrogen and oxygen atoms in total. The Morgan fingerprint density at radius 3 is 2.64 bits per heavy atom. The maximum atomic E-state index is 13.9. The quantitative estimate of drug-likeness (QED) is 0.486. The molecule has 1 aliphatic carbocycles. The molecule has 188 valence electrons. The third kappa shape index (κ3) is 5.17. The van der Waals surface area contributed by atoms with Gasteiger partial charge in [-0.25, -0.2) is 0 Å². The van der Waals surface area contributed by atoms with Crippen molar-refractivity contribution in [3.05, 3.63) is 77.7 Å². The highest BCUT2D eigenvalue weighted by atomic mass is 16.7. The van der Waals surface area contributed by atoms with Gasteiger partial charge in [-0.1, -0.05) is 37.5 Å². The molecule has 0 spiro atoms. The van der Waals surface area contributed by atoms with E-state index in [1.54, 1.807) is 30.2 Å². The minimum atomic E-state index is -0.898. The fraction of sp³-hybridized carbons (Fsp3) is 0.357. The maximum absolute atomic E-state index is 13.9. The number of carbonyl (C=O) groups is 2. The summed E-state index contributed by atoms with van der Waals surface area (Å²) in [7, 11) is 1.58. The van der Waals surface area contributed by atoms with Gasteiger partial charge in [0.2, 0.25) is 12.7 Å². The van der Waals surface area contributed by atoms with Gasteiger partial charge in [-0.2, -0.15) is 0 Å². The Balaban J connectivity index is 1.53. The summed E-state index contributed by atoms with van der Waals surface area (Å²) in [5, 5.41) is 3.21. The van der Waals surface area contributed by atoms with E-state index in [9.17, 15) is 9.59 Å². The molecular weight excluding hydrogens is 460 g/mol. The topological polar surface area (TPSA) is 90.2 Å². The molecule has 5 rings (SSSR count). The average molecular weight is 491 g/mol. The monoisotopic (exact) mass is 490 g/mol. The van der Waals surface area contributed by atoms with Crippen molar-refractivity contribution in [2.75, 3.05) is 13.9 Å². The molecule has 1 fully saturated rings. The molecule has 36 heavy (non-hydrogen) atoms. The zero-order valence-electron chi connectivity index (χ0n) is 20.3. The number of nitrogens with zero attached hydrogens (tertiary/aromatic N) is 1. The van der Waals surface area contributed by atoms with Crippen molar-refractivity contribution in [1.29, 1.82) is 0 Å². The summed E-state index contributed by atoms with van der Waals surface area (Å²) in [6.07, 6.45) is 6.67. The van der Waals surface area contributed by atoms with Crippen molar-refractivity contribution < 1.29 is 28.2 Å². The highest BCUT2D eigenvalue weighted by Gasteiger charge is 2.35. The van der Waals surface area contributed by atoms with Crippen LogP contribution in [0.25, 0.3) is 0 Å². The molecule has 0 saturated heterocycles. The highest BCUT2D eigenvalue weighted by molar-refractivity contribution is 5.96. The minimum Gasteiger partial charge on any atom is -0.497 e. The summed E-state index contributed by atoms with van der Waals surface area (Å²) in [5.41, 5.74) is 1.46. The van der Waals surface area contributed by atoms with E-state index >= 15 is 0 Å². The number of benzene rings is 2. The van der Waals surface area contributed by atoms with Gasteiger partial charge < -0.3 is 28.8 Å². The van der Waals surface area contributed by atoms with E-state index in [2.05, 4.69) is 5.32 Å². The van der Waals surface area contributed by atoms with E-state index in [1.165, 1.54) is 12.7 Å². The second-order valence-corrected chi connectivity index (χ2v) is 9.12. The second-order valence-electron chi connectivity index (χ2n) is 9.12. The van der Waals surface area contributed by atoms with Crippen LogP contribution in [0, 0.1) is 0 Å². The van der Waals surface area contributed by atoms with E-state index in [4.69, 9.17) is 18.6 Å². The lowest BCUT2D eigenvalue weighted by Gasteiger charge is -2.33. The van der Waals surface area contributed by atoms with Gasteiger partial charge >= 0.3 is 0 Å². The molecule has 2 heterocycles. The van der Waals surface area contributed by atoms with Crippen molar-refractivity contribution in [2.45, 2.75) is 50.7 Å². The molecule has 2 amide bonds. The number of carbonyl (C=O) groups excluding carboxylic acids is 2. The molecular formula is C28H30N2O6. The third-order valence-electron chi connectivity index (χ3n) is 6.70. The molecule has 0 radical (unpaired) electrons. The number of hydrogen-bond acceptors (Lipinski definition) is 6. The second kappa shape index (κ2) is 10.8. The molecule has 1 atom stereocenters. The largest absolute Gasteiger partial charge is 0.497 e. The zero-order chi connectivity index (χ0) is 24.9. The molecule has 2 aromatic carbocycles. The summed E-state index contributed by atoms with van der Waals surface area (Å²) in [5.74, 6) is 1.43. The van der Waals surface area contributed by atoms with Gasteiger partial charge in [-0.3, -0.25) is 9.59 Å². The number of furan rings is 1. The van der Waals surface area contributed by atoms with Gasteiger partial charge in [0, 0.05) is 12.6 Å². The summed E-state index contributed by atoms with van der Waals surface area (Å²) in [4.78, 5) is 29.2. The van der Waals surface area contributed by atoms with Crippen LogP contribution in [0.5, 0.6) is 17.2 Å². The van der Waals surface area contributed by atoms with Crippen LogP contribution in [0.15, 0.2) is 65.3 Å². The minimum absolute atomic E-state index is 0.0884. The Morgan fingerprint density at radius 1 is 1.03 bits per heavy atom. The number of rotatable bonds is 8. The first-order valence-electron chi connectivity index (χ1n) is 12.3. The smallest absolute Gasteiger partial charge is 0.290 e. The third-order valence-corrected chi connectivity index (χ3v) is 6.70. The van der Waals surface area contributed by atoms with Gasteiger partial charge in [0.05, 0.1) is 13.4 Å². The van der Waals surface area contributed by atoms with Crippen molar-refractivity contribution in [3.63, 3.8) is 0 Å². The summed E-state index contributed by atoms with van der Waals surface area (Å²) >= 11 is 0. The molecule has 3 aromatic rings. The SMILES string of the molecule is COc1cccc([C@H](C(=O)NC2CCCCC2)N(Cc2ccc3c(c2)OCO3)C(=O)c2ccco2)c1. The number of fused-ring (bicyclic) bond motifs is 1. The summed E-state index contributed by atoms with van der Waals surface area (Å²) < 4.78 is 21.9. The van der Waals surface area contributed by atoms with Crippen LogP contribution < -0.4 is 19.5 Å². The van der Waals surface area contributed by atoms with Crippen LogP contribution in [-0.2, 0) is 11.3 Å². The Labute approximate surface area is 210 Å². The van der Waals surface area contributed by atoms with Gasteiger partial charge in [0.25, 0.3) is 5.91 Å². The van der Waals surface area contributed by atoms with E-state index in [-0.39, 0.29) is 37.0 Å². The number of methoxy groups -OCH3 is 1. The van der Waals surface area contributed by atoms with Crippen molar-refractivity contribution in [2.24, 2.45) is 0 Å². The normalized spacial score (nSPS) is 15.8. The molecule has 1 aromatic heterocycles. The van der Waals surface area contributed by atoms with E-state index < -0.39 is 6.04 Å². The zero-order valence-corrected chi connectivity index (χ0v) is 20.3. The number of amides is 2. The summed E-state index contributed by atoms with van der Waals surface area (Å²) in [6, 6.07) is 15.3. The van der Waals surface area contributed by atoms with Crippen LogP contribution >= 0.6 is 0 Å². The lowest BCUT2D eigenvalue weighted by atomic mass is 9.94. The van der Waals surface area contributed by atoms with Gasteiger partial charge in [-0.15, -0.1) is 0 Å². The first-order valence-corrected chi connectivity index (χ1v) is 12.3. The lowest BCUT2D eigenvalue weighted by molar-refractivity contribution is -0.127. The molecule has 0 bridgehead atoms. The number of hydrogen-bond donors (Lipinski definition) is 1. The van der Waals surface area contributed by atoms with Gasteiger partial charge in [0.15, 0.2) is 17.3 Å². The fourth-order valence-electron chi connectivity index (χ4n) is 4.87.